The molecule has 0 saturated heterocycles. The van der Waals surface area contributed by atoms with Gasteiger partial charge in [-0.25, -0.2) is 4.39 Å². The van der Waals surface area contributed by atoms with Crippen molar-refractivity contribution in [2.45, 2.75) is 26.7 Å². The predicted octanol–water partition coefficient (Wildman–Crippen LogP) is 5.09. The Morgan fingerprint density at radius 3 is 2.69 bits per heavy atom. The molecular formula is C12H16BrClFN. The number of anilines is 1. The Bertz CT molecular complexity index is 332. The van der Waals surface area contributed by atoms with Gasteiger partial charge in [-0.3, -0.25) is 0 Å². The first-order valence-corrected chi connectivity index (χ1v) is 6.56. The molecule has 1 rings (SSSR count). The summed E-state index contributed by atoms with van der Waals surface area (Å²) in [6, 6.07) is 2.73. The summed E-state index contributed by atoms with van der Waals surface area (Å²) in [5.41, 5.74) is 0.770. The van der Waals surface area contributed by atoms with Crippen molar-refractivity contribution >= 4 is 33.2 Å². The van der Waals surface area contributed by atoms with E-state index >= 15 is 0 Å². The average molecular weight is 309 g/mol. The first-order chi connectivity index (χ1) is 7.50. The Morgan fingerprint density at radius 2 is 2.12 bits per heavy atom. The van der Waals surface area contributed by atoms with Crippen LogP contribution in [0.25, 0.3) is 0 Å². The van der Waals surface area contributed by atoms with Crippen molar-refractivity contribution in [3.8, 4) is 0 Å². The summed E-state index contributed by atoms with van der Waals surface area (Å²) in [6.07, 6.45) is 2.25. The Balaban J connectivity index is 2.54. The molecular weight excluding hydrogens is 292 g/mol. The number of halogens is 3. The van der Waals surface area contributed by atoms with E-state index in [4.69, 9.17) is 11.6 Å². The van der Waals surface area contributed by atoms with Crippen LogP contribution in [0.1, 0.15) is 26.7 Å². The fourth-order valence-corrected chi connectivity index (χ4v) is 2.39. The number of hydrogen-bond donors (Lipinski definition) is 1. The largest absolute Gasteiger partial charge is 0.383 e. The van der Waals surface area contributed by atoms with E-state index < -0.39 is 0 Å². The van der Waals surface area contributed by atoms with Crippen LogP contribution < -0.4 is 5.32 Å². The van der Waals surface area contributed by atoms with Crippen LogP contribution in [0.2, 0.25) is 5.02 Å². The number of nitrogens with one attached hydrogen (secondary N) is 1. The van der Waals surface area contributed by atoms with E-state index in [-0.39, 0.29) is 5.82 Å². The van der Waals surface area contributed by atoms with Crippen molar-refractivity contribution in [1.29, 1.82) is 0 Å². The monoisotopic (exact) mass is 307 g/mol. The van der Waals surface area contributed by atoms with Crippen molar-refractivity contribution in [3.05, 3.63) is 27.4 Å². The van der Waals surface area contributed by atoms with Gasteiger partial charge in [0, 0.05) is 11.0 Å². The summed E-state index contributed by atoms with van der Waals surface area (Å²) >= 11 is 9.24. The molecule has 0 unspecified atom stereocenters. The smallest absolute Gasteiger partial charge is 0.125 e. The van der Waals surface area contributed by atoms with E-state index in [0.717, 1.165) is 18.7 Å². The molecule has 0 aromatic heterocycles. The highest BCUT2D eigenvalue weighted by atomic mass is 79.9. The SMILES string of the molecule is CC(C)CCCNc1c(Cl)cc(F)cc1Br. The lowest BCUT2D eigenvalue weighted by molar-refractivity contribution is 0.567. The van der Waals surface area contributed by atoms with Gasteiger partial charge in [0.2, 0.25) is 0 Å². The first-order valence-electron chi connectivity index (χ1n) is 5.39. The summed E-state index contributed by atoms with van der Waals surface area (Å²) in [6.45, 7) is 5.24. The van der Waals surface area contributed by atoms with E-state index in [0.29, 0.717) is 15.4 Å². The number of rotatable bonds is 5. The second kappa shape index (κ2) is 6.45. The maximum absolute atomic E-state index is 13.0. The molecule has 0 bridgehead atoms. The molecule has 90 valence electrons. The second-order valence-corrected chi connectivity index (χ2v) is 5.47. The van der Waals surface area contributed by atoms with Crippen LogP contribution in [-0.4, -0.2) is 6.54 Å². The fourth-order valence-electron chi connectivity index (χ4n) is 1.43. The van der Waals surface area contributed by atoms with Crippen LogP contribution in [0.4, 0.5) is 10.1 Å². The van der Waals surface area contributed by atoms with Gasteiger partial charge in [-0.1, -0.05) is 25.4 Å². The Kier molecular flexibility index (Phi) is 5.56. The van der Waals surface area contributed by atoms with E-state index in [2.05, 4.69) is 35.1 Å². The minimum Gasteiger partial charge on any atom is -0.383 e. The van der Waals surface area contributed by atoms with E-state index in [1.54, 1.807) is 0 Å². The van der Waals surface area contributed by atoms with E-state index in [9.17, 15) is 4.39 Å². The van der Waals surface area contributed by atoms with Gasteiger partial charge in [-0.2, -0.15) is 0 Å². The zero-order chi connectivity index (χ0) is 12.1. The fraction of sp³-hybridized carbons (Fsp3) is 0.500. The van der Waals surface area contributed by atoms with Gasteiger partial charge >= 0.3 is 0 Å². The molecule has 1 aromatic rings. The van der Waals surface area contributed by atoms with Gasteiger partial charge in [0.1, 0.15) is 5.82 Å². The minimum absolute atomic E-state index is 0.329. The Hall–Kier alpha value is -0.280. The van der Waals surface area contributed by atoms with Crippen LogP contribution in [-0.2, 0) is 0 Å². The molecule has 0 spiro atoms. The summed E-state index contributed by atoms with van der Waals surface area (Å²) in [5, 5.41) is 3.63. The van der Waals surface area contributed by atoms with Crippen molar-refractivity contribution in [2.24, 2.45) is 5.92 Å². The molecule has 4 heteroatoms. The van der Waals surface area contributed by atoms with Gasteiger partial charge in [0.25, 0.3) is 0 Å². The predicted molar refractivity (Wildman–Crippen MR) is 71.7 cm³/mol. The van der Waals surface area contributed by atoms with Crippen molar-refractivity contribution < 1.29 is 4.39 Å². The molecule has 1 aromatic carbocycles. The highest BCUT2D eigenvalue weighted by Gasteiger charge is 2.07. The summed E-state index contributed by atoms with van der Waals surface area (Å²) in [7, 11) is 0. The molecule has 0 aliphatic heterocycles. The van der Waals surface area contributed by atoms with Crippen LogP contribution in [0.15, 0.2) is 16.6 Å². The van der Waals surface area contributed by atoms with E-state index in [1.807, 2.05) is 0 Å². The third-order valence-electron chi connectivity index (χ3n) is 2.27. The molecule has 16 heavy (non-hydrogen) atoms. The Morgan fingerprint density at radius 1 is 1.44 bits per heavy atom. The highest BCUT2D eigenvalue weighted by Crippen LogP contribution is 2.31. The number of benzene rings is 1. The maximum atomic E-state index is 13.0. The Labute approximate surface area is 110 Å². The minimum atomic E-state index is -0.329. The standard InChI is InChI=1S/C12H16BrClFN/c1-8(2)4-3-5-16-12-10(13)6-9(15)7-11(12)14/h6-8,16H,3-5H2,1-2H3. The highest BCUT2D eigenvalue weighted by molar-refractivity contribution is 9.10. The van der Waals surface area contributed by atoms with Crippen LogP contribution in [0.3, 0.4) is 0 Å². The molecule has 0 amide bonds. The first kappa shape index (κ1) is 13.8. The van der Waals surface area contributed by atoms with Gasteiger partial charge in [-0.05, 0) is 46.8 Å². The lowest BCUT2D eigenvalue weighted by Gasteiger charge is -2.11. The lowest BCUT2D eigenvalue weighted by Crippen LogP contribution is -2.04. The maximum Gasteiger partial charge on any atom is 0.125 e. The number of hydrogen-bond acceptors (Lipinski definition) is 1. The van der Waals surface area contributed by atoms with E-state index in [1.165, 1.54) is 18.6 Å². The average Bonchev–Trinajstić information content (AvgIpc) is 2.14. The lowest BCUT2D eigenvalue weighted by atomic mass is 10.1. The van der Waals surface area contributed by atoms with Crippen LogP contribution in [0.5, 0.6) is 0 Å². The van der Waals surface area contributed by atoms with Crippen molar-refractivity contribution in [3.63, 3.8) is 0 Å². The van der Waals surface area contributed by atoms with Gasteiger partial charge < -0.3 is 5.32 Å². The molecule has 0 aliphatic carbocycles. The van der Waals surface area contributed by atoms with Gasteiger partial charge in [0.15, 0.2) is 0 Å². The third kappa shape index (κ3) is 4.30. The normalized spacial score (nSPS) is 10.9. The summed E-state index contributed by atoms with van der Waals surface area (Å²) in [5.74, 6) is 0.374. The molecule has 0 heterocycles. The van der Waals surface area contributed by atoms with Gasteiger partial charge in [0.05, 0.1) is 10.7 Å². The molecule has 0 saturated carbocycles. The molecule has 0 atom stereocenters. The van der Waals surface area contributed by atoms with Crippen molar-refractivity contribution in [2.75, 3.05) is 11.9 Å². The molecule has 0 radical (unpaired) electrons. The quantitative estimate of drug-likeness (QED) is 0.747. The third-order valence-corrected chi connectivity index (χ3v) is 3.19. The molecule has 0 fully saturated rings. The molecule has 1 nitrogen and oxygen atoms in total. The summed E-state index contributed by atoms with van der Waals surface area (Å²) in [4.78, 5) is 0. The zero-order valence-electron chi connectivity index (χ0n) is 9.49. The zero-order valence-corrected chi connectivity index (χ0v) is 11.8. The van der Waals surface area contributed by atoms with Crippen molar-refractivity contribution in [1.82, 2.24) is 0 Å². The van der Waals surface area contributed by atoms with Crippen LogP contribution >= 0.6 is 27.5 Å². The molecule has 1 N–H and O–H groups in total. The van der Waals surface area contributed by atoms with Crippen LogP contribution in [0, 0.1) is 11.7 Å². The second-order valence-electron chi connectivity index (χ2n) is 4.21. The summed E-state index contributed by atoms with van der Waals surface area (Å²) < 4.78 is 13.6. The topological polar surface area (TPSA) is 12.0 Å². The molecule has 0 aliphatic rings. The van der Waals surface area contributed by atoms with Gasteiger partial charge in [-0.15, -0.1) is 0 Å².